The van der Waals surface area contributed by atoms with Gasteiger partial charge in [0.05, 0.1) is 21.9 Å². The molecule has 0 radical (unpaired) electrons. The van der Waals surface area contributed by atoms with Crippen LogP contribution in [0.4, 0.5) is 58.4 Å². The fraction of sp³-hybridized carbons (Fsp3) is 0.0909. The first-order chi connectivity index (χ1) is 33.3. The van der Waals surface area contributed by atoms with Crippen LogP contribution in [0.15, 0.2) is 122 Å². The molecule has 4 aromatic carbocycles. The van der Waals surface area contributed by atoms with Crippen molar-refractivity contribution in [2.75, 3.05) is 23.9 Å². The van der Waals surface area contributed by atoms with Crippen molar-refractivity contribution in [2.45, 2.75) is 12.4 Å². The van der Waals surface area contributed by atoms with Crippen LogP contribution >= 0.6 is 23.2 Å². The number of carboxylic acid groups (broad SMARTS) is 1. The number of halogens is 10. The highest BCUT2D eigenvalue weighted by molar-refractivity contribution is 7.88. The SMILES string of the molecule is CN(C(=O)c1cccc(-c2cnc(Nc3ccc(F)c(Cl)c3)nc2-n2ccc(C(F)(F)F)n2)c1)S(C)(=O)=O.O=C(O)c1cccc(-c2cnc(Nc3ccc(F)c(Cl)c3)nc2-n2ccc(C(F)(F)F)n2)c1. The van der Waals surface area contributed by atoms with Crippen LogP contribution in [0, 0.1) is 11.6 Å². The summed E-state index contributed by atoms with van der Waals surface area (Å²) < 4.78 is 132. The molecule has 0 saturated carbocycles. The monoisotopic (exact) mass is 1050 g/mol. The zero-order valence-electron chi connectivity index (χ0n) is 35.8. The number of rotatable bonds is 11. The first-order valence-corrected chi connectivity index (χ1v) is 22.3. The number of nitrogens with one attached hydrogen (secondary N) is 2. The maximum atomic E-state index is 13.5. The van der Waals surface area contributed by atoms with Crippen LogP contribution < -0.4 is 10.6 Å². The molecular formula is C44H29Cl2F8N11O5S. The minimum Gasteiger partial charge on any atom is -0.478 e. The first kappa shape index (κ1) is 50.8. The largest absolute Gasteiger partial charge is 0.478 e. The molecule has 4 aromatic heterocycles. The van der Waals surface area contributed by atoms with Crippen molar-refractivity contribution in [1.29, 1.82) is 0 Å². The number of hydrogen-bond donors (Lipinski definition) is 3. The van der Waals surface area contributed by atoms with Gasteiger partial charge in [0.25, 0.3) is 5.91 Å². The number of anilines is 4. The Balaban J connectivity index is 0.000000211. The van der Waals surface area contributed by atoms with Crippen LogP contribution in [-0.2, 0) is 22.4 Å². The van der Waals surface area contributed by atoms with E-state index in [4.69, 9.17) is 23.2 Å². The van der Waals surface area contributed by atoms with Crippen LogP contribution in [0.2, 0.25) is 10.0 Å². The minimum atomic E-state index is -4.72. The average molecular weight is 1050 g/mol. The molecule has 0 aliphatic carbocycles. The summed E-state index contributed by atoms with van der Waals surface area (Å²) in [5.41, 5.74) is -0.615. The molecular weight excluding hydrogens is 1020 g/mol. The number of amides is 1. The Labute approximate surface area is 405 Å². The van der Waals surface area contributed by atoms with Crippen LogP contribution in [-0.4, -0.2) is 82.5 Å². The van der Waals surface area contributed by atoms with Gasteiger partial charge in [0.15, 0.2) is 23.0 Å². The maximum Gasteiger partial charge on any atom is 0.435 e. The van der Waals surface area contributed by atoms with E-state index in [0.29, 0.717) is 26.8 Å². The summed E-state index contributed by atoms with van der Waals surface area (Å²) in [6.07, 6.45) is -3.79. The fourth-order valence-corrected chi connectivity index (χ4v) is 6.95. The van der Waals surface area contributed by atoms with Gasteiger partial charge in [-0.2, -0.15) is 46.5 Å². The Bertz CT molecular complexity index is 3450. The van der Waals surface area contributed by atoms with Crippen LogP contribution in [0.1, 0.15) is 32.1 Å². The Morgan fingerprint density at radius 1 is 0.648 bits per heavy atom. The summed E-state index contributed by atoms with van der Waals surface area (Å²) in [6.45, 7) is 0. The van der Waals surface area contributed by atoms with E-state index in [1.807, 2.05) is 0 Å². The molecule has 8 rings (SSSR count). The van der Waals surface area contributed by atoms with Crippen LogP contribution in [0.5, 0.6) is 0 Å². The lowest BCUT2D eigenvalue weighted by Crippen LogP contribution is -2.32. The van der Waals surface area contributed by atoms with Crippen molar-refractivity contribution < 1.29 is 58.2 Å². The van der Waals surface area contributed by atoms with Gasteiger partial charge in [0.1, 0.15) is 11.6 Å². The maximum absolute atomic E-state index is 13.5. The number of carboxylic acids is 1. The van der Waals surface area contributed by atoms with Gasteiger partial charge in [-0.1, -0.05) is 47.5 Å². The smallest absolute Gasteiger partial charge is 0.435 e. The van der Waals surface area contributed by atoms with Crippen molar-refractivity contribution in [3.63, 3.8) is 0 Å². The minimum absolute atomic E-state index is 0.000904. The summed E-state index contributed by atoms with van der Waals surface area (Å²) >= 11 is 11.6. The highest BCUT2D eigenvalue weighted by Crippen LogP contribution is 2.34. The number of nitrogens with zero attached hydrogens (tertiary/aromatic N) is 9. The van der Waals surface area contributed by atoms with Gasteiger partial charge in [-0.05, 0) is 83.9 Å². The Morgan fingerprint density at radius 3 is 1.45 bits per heavy atom. The van der Waals surface area contributed by atoms with Crippen molar-refractivity contribution >= 4 is 68.4 Å². The Kier molecular flexibility index (Phi) is 14.4. The third kappa shape index (κ3) is 12.1. The lowest BCUT2D eigenvalue weighted by atomic mass is 10.0. The number of sulfonamides is 1. The number of hydrogen-bond acceptors (Lipinski definition) is 12. The standard InChI is InChI=1S/C23H17ClF4N6O3S.C21H12ClF4N5O2/c1-33(38(2,36)37)21(35)14-5-3-4-13(10-14)16-12-29-22(30-15-6-7-18(25)17(24)11-15)31-20(16)34-9-8-19(32-34)23(26,27)28;22-15-9-13(4-5-16(15)23)28-20-27-10-14(11-2-1-3-12(8-11)19(32)33)18(29-20)31-7-6-17(30-31)21(24,25)26/h3-12H,1-2H3,(H,29,30,31);1-10H,(H,32,33)(H,27,28,29). The van der Waals surface area contributed by atoms with E-state index < -0.39 is 57.3 Å². The summed E-state index contributed by atoms with van der Waals surface area (Å²) in [5.74, 6) is -3.51. The normalized spacial score (nSPS) is 11.7. The predicted molar refractivity (Wildman–Crippen MR) is 242 cm³/mol. The molecule has 0 fully saturated rings. The van der Waals surface area contributed by atoms with Gasteiger partial charge in [0, 0.05) is 59.9 Å². The molecule has 3 N–H and O–H groups in total. The van der Waals surface area contributed by atoms with Crippen molar-refractivity contribution in [2.24, 2.45) is 0 Å². The lowest BCUT2D eigenvalue weighted by Gasteiger charge is -2.16. The molecule has 16 nitrogen and oxygen atoms in total. The van der Waals surface area contributed by atoms with Gasteiger partial charge < -0.3 is 15.7 Å². The molecule has 0 aliphatic rings. The molecule has 1 amide bonds. The van der Waals surface area contributed by atoms with Gasteiger partial charge in [-0.25, -0.2) is 45.6 Å². The van der Waals surface area contributed by atoms with E-state index in [2.05, 4.69) is 40.8 Å². The molecule has 27 heteroatoms. The van der Waals surface area contributed by atoms with E-state index in [9.17, 15) is 58.2 Å². The molecule has 0 spiro atoms. The molecule has 0 aliphatic heterocycles. The number of aromatic nitrogens is 8. The predicted octanol–water partition coefficient (Wildman–Crippen LogP) is 10.5. The zero-order valence-corrected chi connectivity index (χ0v) is 38.2. The van der Waals surface area contributed by atoms with Crippen LogP contribution in [0.25, 0.3) is 33.9 Å². The second kappa shape index (κ2) is 20.1. The molecule has 71 heavy (non-hydrogen) atoms. The number of alkyl halides is 6. The van der Waals surface area contributed by atoms with Crippen molar-refractivity contribution in [3.8, 4) is 33.9 Å². The van der Waals surface area contributed by atoms with E-state index >= 15 is 0 Å². The van der Waals surface area contributed by atoms with Gasteiger partial charge in [0.2, 0.25) is 21.9 Å². The number of carbonyl (C=O) groups is 2. The highest BCUT2D eigenvalue weighted by Gasteiger charge is 2.35. The third-order valence-corrected chi connectivity index (χ3v) is 11.4. The molecule has 4 heterocycles. The first-order valence-electron chi connectivity index (χ1n) is 19.7. The Hall–Kier alpha value is -8.03. The summed E-state index contributed by atoms with van der Waals surface area (Å²) in [7, 11) is -2.73. The van der Waals surface area contributed by atoms with Crippen molar-refractivity contribution in [3.05, 3.63) is 166 Å². The van der Waals surface area contributed by atoms with Gasteiger partial charge in [-0.15, -0.1) is 0 Å². The topological polar surface area (TPSA) is 203 Å². The summed E-state index contributed by atoms with van der Waals surface area (Å²) in [6, 6.07) is 20.6. The summed E-state index contributed by atoms with van der Waals surface area (Å²) in [5, 5.41) is 21.7. The molecule has 0 bridgehead atoms. The van der Waals surface area contributed by atoms with E-state index in [0.717, 1.165) is 59.3 Å². The zero-order chi connectivity index (χ0) is 51.6. The van der Waals surface area contributed by atoms with Gasteiger partial charge >= 0.3 is 18.3 Å². The van der Waals surface area contributed by atoms with E-state index in [-0.39, 0.29) is 55.8 Å². The molecule has 8 aromatic rings. The molecule has 0 unspecified atom stereocenters. The lowest BCUT2D eigenvalue weighted by molar-refractivity contribution is -0.142. The molecule has 0 atom stereocenters. The Morgan fingerprint density at radius 2 is 1.07 bits per heavy atom. The van der Waals surface area contributed by atoms with Gasteiger partial charge in [-0.3, -0.25) is 4.79 Å². The number of aromatic carboxylic acids is 1. The van der Waals surface area contributed by atoms with E-state index in [1.54, 1.807) is 12.1 Å². The third-order valence-electron chi connectivity index (χ3n) is 9.71. The highest BCUT2D eigenvalue weighted by atomic mass is 35.5. The second-order valence-electron chi connectivity index (χ2n) is 14.7. The number of benzene rings is 4. The summed E-state index contributed by atoms with van der Waals surface area (Å²) in [4.78, 5) is 40.9. The average Bonchev–Trinajstić information content (AvgIpc) is 4.04. The number of carbonyl (C=O) groups excluding carboxylic acids is 1. The quantitative estimate of drug-likeness (QED) is 0.103. The molecule has 366 valence electrons. The van der Waals surface area contributed by atoms with Crippen LogP contribution in [0.3, 0.4) is 0 Å². The van der Waals surface area contributed by atoms with Crippen molar-refractivity contribution in [1.82, 2.24) is 43.8 Å². The molecule has 0 saturated heterocycles. The van der Waals surface area contributed by atoms with E-state index in [1.165, 1.54) is 73.1 Å². The second-order valence-corrected chi connectivity index (χ2v) is 17.5. The fourth-order valence-electron chi connectivity index (χ4n) is 6.19.